The lowest BCUT2D eigenvalue weighted by atomic mass is 9.78. The van der Waals surface area contributed by atoms with E-state index in [1.54, 1.807) is 0 Å². The number of esters is 1. The molecule has 6 nitrogen and oxygen atoms in total. The average molecular weight is 254 g/mol. The summed E-state index contributed by atoms with van der Waals surface area (Å²) in [5, 5.41) is 18.4. The Kier molecular flexibility index (Phi) is 5.00. The van der Waals surface area contributed by atoms with Gasteiger partial charge in [0.05, 0.1) is 27.8 Å². The number of benzene rings is 1. The van der Waals surface area contributed by atoms with Crippen molar-refractivity contribution in [2.45, 2.75) is 6.42 Å². The van der Waals surface area contributed by atoms with Crippen molar-refractivity contribution in [1.29, 1.82) is 0 Å². The number of ether oxygens (including phenoxy) is 3. The van der Waals surface area contributed by atoms with Gasteiger partial charge in [0.2, 0.25) is 0 Å². The maximum atomic E-state index is 11.3. The van der Waals surface area contributed by atoms with Gasteiger partial charge in [0, 0.05) is 11.0 Å². The summed E-state index contributed by atoms with van der Waals surface area (Å²) in [4.78, 5) is 11.3. The first kappa shape index (κ1) is 14.3. The van der Waals surface area contributed by atoms with Crippen molar-refractivity contribution in [3.63, 3.8) is 0 Å². The lowest BCUT2D eigenvalue weighted by Gasteiger charge is -2.14. The molecule has 0 radical (unpaired) electrons. The van der Waals surface area contributed by atoms with Crippen LogP contribution in [-0.2, 0) is 16.0 Å². The van der Waals surface area contributed by atoms with Crippen LogP contribution in [0.3, 0.4) is 0 Å². The number of rotatable bonds is 5. The maximum Gasteiger partial charge on any atom is 0.492 e. The fourth-order valence-electron chi connectivity index (χ4n) is 1.55. The van der Waals surface area contributed by atoms with Crippen LogP contribution in [0.1, 0.15) is 5.56 Å². The highest BCUT2D eigenvalue weighted by Crippen LogP contribution is 2.23. The second-order valence-electron chi connectivity index (χ2n) is 3.53. The van der Waals surface area contributed by atoms with Gasteiger partial charge in [0.25, 0.3) is 0 Å². The van der Waals surface area contributed by atoms with Crippen molar-refractivity contribution in [1.82, 2.24) is 0 Å². The van der Waals surface area contributed by atoms with Crippen LogP contribution in [0.15, 0.2) is 12.1 Å². The summed E-state index contributed by atoms with van der Waals surface area (Å²) in [6.45, 7) is 0. The molecular formula is C11H15BO6. The van der Waals surface area contributed by atoms with Crippen LogP contribution in [-0.4, -0.2) is 44.5 Å². The monoisotopic (exact) mass is 254 g/mol. The normalized spacial score (nSPS) is 9.83. The van der Waals surface area contributed by atoms with Crippen LogP contribution in [0.4, 0.5) is 0 Å². The van der Waals surface area contributed by atoms with Crippen LogP contribution >= 0.6 is 0 Å². The zero-order valence-electron chi connectivity index (χ0n) is 10.5. The van der Waals surface area contributed by atoms with Crippen molar-refractivity contribution in [3.05, 3.63) is 17.7 Å². The molecular weight excluding hydrogens is 239 g/mol. The van der Waals surface area contributed by atoms with Crippen molar-refractivity contribution in [2.24, 2.45) is 0 Å². The highest BCUT2D eigenvalue weighted by molar-refractivity contribution is 6.59. The summed E-state index contributed by atoms with van der Waals surface area (Å²) in [6, 6.07) is 2.94. The largest absolute Gasteiger partial charge is 0.497 e. The predicted molar refractivity (Wildman–Crippen MR) is 65.1 cm³/mol. The van der Waals surface area contributed by atoms with Gasteiger partial charge in [-0.05, 0) is 12.1 Å². The third-order valence-electron chi connectivity index (χ3n) is 2.47. The molecule has 0 spiro atoms. The molecule has 18 heavy (non-hydrogen) atoms. The highest BCUT2D eigenvalue weighted by Gasteiger charge is 2.21. The van der Waals surface area contributed by atoms with Crippen LogP contribution in [0.25, 0.3) is 0 Å². The van der Waals surface area contributed by atoms with Crippen molar-refractivity contribution in [2.75, 3.05) is 21.3 Å². The van der Waals surface area contributed by atoms with Gasteiger partial charge in [-0.3, -0.25) is 4.79 Å². The first-order valence-corrected chi connectivity index (χ1v) is 5.21. The Labute approximate surface area is 105 Å². The Morgan fingerprint density at radius 3 is 2.22 bits per heavy atom. The lowest BCUT2D eigenvalue weighted by Crippen LogP contribution is -2.31. The first-order chi connectivity index (χ1) is 8.53. The third kappa shape index (κ3) is 3.15. The Balaban J connectivity index is 3.21. The molecule has 0 bridgehead atoms. The van der Waals surface area contributed by atoms with E-state index in [-0.39, 0.29) is 17.6 Å². The standard InChI is InChI=1S/C11H15BO6/c1-16-9-6-8(12(14)15)10(17-2)4-7(9)5-11(13)18-3/h4,6,14-15H,5H2,1-3H3. The summed E-state index contributed by atoms with van der Waals surface area (Å²) >= 11 is 0. The molecule has 0 aliphatic carbocycles. The summed E-state index contributed by atoms with van der Waals surface area (Å²) < 4.78 is 14.7. The molecule has 0 aliphatic rings. The van der Waals surface area contributed by atoms with E-state index in [4.69, 9.17) is 9.47 Å². The van der Waals surface area contributed by atoms with Crippen LogP contribution in [0.2, 0.25) is 0 Å². The fourth-order valence-corrected chi connectivity index (χ4v) is 1.55. The van der Waals surface area contributed by atoms with Crippen LogP contribution < -0.4 is 14.9 Å². The van der Waals surface area contributed by atoms with Gasteiger partial charge in [-0.2, -0.15) is 0 Å². The van der Waals surface area contributed by atoms with Crippen molar-refractivity contribution >= 4 is 18.6 Å². The SMILES string of the molecule is COC(=O)Cc1cc(OC)c(B(O)O)cc1OC. The second-order valence-corrected chi connectivity index (χ2v) is 3.53. The van der Waals surface area contributed by atoms with Gasteiger partial charge in [0.15, 0.2) is 0 Å². The molecule has 0 heterocycles. The maximum absolute atomic E-state index is 11.3. The molecule has 0 saturated heterocycles. The summed E-state index contributed by atoms with van der Waals surface area (Å²) in [7, 11) is 2.44. The average Bonchev–Trinajstić information content (AvgIpc) is 2.37. The summed E-state index contributed by atoms with van der Waals surface area (Å²) in [6.07, 6.45) is 0.0117. The predicted octanol–water partition coefficient (Wildman–Crippen LogP) is -0.901. The lowest BCUT2D eigenvalue weighted by molar-refractivity contribution is -0.139. The zero-order valence-corrected chi connectivity index (χ0v) is 10.5. The van der Waals surface area contributed by atoms with E-state index >= 15 is 0 Å². The Hall–Kier alpha value is -1.73. The van der Waals surface area contributed by atoms with Crippen LogP contribution in [0, 0.1) is 0 Å². The third-order valence-corrected chi connectivity index (χ3v) is 2.47. The molecule has 0 unspecified atom stereocenters. The van der Waals surface area contributed by atoms with E-state index in [0.29, 0.717) is 11.3 Å². The Morgan fingerprint density at radius 2 is 1.78 bits per heavy atom. The molecule has 0 aliphatic heterocycles. The minimum atomic E-state index is -1.68. The molecule has 0 amide bonds. The van der Waals surface area contributed by atoms with Crippen molar-refractivity contribution < 1.29 is 29.1 Å². The Morgan fingerprint density at radius 1 is 1.17 bits per heavy atom. The second kappa shape index (κ2) is 6.27. The Bertz CT molecular complexity index is 432. The van der Waals surface area contributed by atoms with E-state index in [1.165, 1.54) is 33.5 Å². The van der Waals surface area contributed by atoms with Gasteiger partial charge in [0.1, 0.15) is 11.5 Å². The van der Waals surface area contributed by atoms with Gasteiger partial charge < -0.3 is 24.3 Å². The number of hydrogen-bond donors (Lipinski definition) is 2. The molecule has 1 aromatic rings. The van der Waals surface area contributed by atoms with E-state index in [9.17, 15) is 14.8 Å². The molecule has 0 fully saturated rings. The molecule has 1 rings (SSSR count). The summed E-state index contributed by atoms with van der Waals surface area (Å²) in [5.41, 5.74) is 0.716. The minimum absolute atomic E-state index is 0.0117. The highest BCUT2D eigenvalue weighted by atomic mass is 16.5. The molecule has 0 saturated carbocycles. The smallest absolute Gasteiger partial charge is 0.492 e. The molecule has 0 atom stereocenters. The van der Waals surface area contributed by atoms with Crippen molar-refractivity contribution in [3.8, 4) is 11.5 Å². The topological polar surface area (TPSA) is 85.2 Å². The number of methoxy groups -OCH3 is 3. The van der Waals surface area contributed by atoms with Crippen LogP contribution in [0.5, 0.6) is 11.5 Å². The van der Waals surface area contributed by atoms with Gasteiger partial charge in [-0.15, -0.1) is 0 Å². The fraction of sp³-hybridized carbons (Fsp3) is 0.364. The van der Waals surface area contributed by atoms with Gasteiger partial charge in [-0.1, -0.05) is 0 Å². The number of carbonyl (C=O) groups excluding carboxylic acids is 1. The molecule has 1 aromatic carbocycles. The van der Waals surface area contributed by atoms with E-state index in [2.05, 4.69) is 4.74 Å². The minimum Gasteiger partial charge on any atom is -0.497 e. The molecule has 7 heteroatoms. The summed E-state index contributed by atoms with van der Waals surface area (Å²) in [5.74, 6) is 0.210. The number of carbonyl (C=O) groups is 1. The van der Waals surface area contributed by atoms with E-state index in [0.717, 1.165) is 0 Å². The van der Waals surface area contributed by atoms with E-state index < -0.39 is 13.1 Å². The molecule has 2 N–H and O–H groups in total. The van der Waals surface area contributed by atoms with Gasteiger partial charge in [-0.25, -0.2) is 0 Å². The molecule has 0 aromatic heterocycles. The zero-order chi connectivity index (χ0) is 13.7. The molecule has 98 valence electrons. The first-order valence-electron chi connectivity index (χ1n) is 5.21. The number of hydrogen-bond acceptors (Lipinski definition) is 6. The van der Waals surface area contributed by atoms with E-state index in [1.807, 2.05) is 0 Å². The quantitative estimate of drug-likeness (QED) is 0.523. The van der Waals surface area contributed by atoms with Gasteiger partial charge >= 0.3 is 13.1 Å².